The quantitative estimate of drug-likeness (QED) is 0.187. The van der Waals surface area contributed by atoms with E-state index in [9.17, 15) is 28.7 Å². The number of aromatic hydroxyl groups is 1. The summed E-state index contributed by atoms with van der Waals surface area (Å²) in [6.45, 7) is 5.59. The molecule has 6 atom stereocenters. The first-order chi connectivity index (χ1) is 22.7. The van der Waals surface area contributed by atoms with Crippen LogP contribution >= 0.6 is 23.2 Å². The number of alkyl halides is 2. The van der Waals surface area contributed by atoms with Crippen molar-refractivity contribution < 1.29 is 33.4 Å². The first-order valence-electron chi connectivity index (χ1n) is 15.8. The maximum Gasteiger partial charge on any atom is 0.258 e. The number of anilines is 1. The number of phenolic OH excluding ortho intramolecular Hbond substituents is 1. The third-order valence-corrected chi connectivity index (χ3v) is 11.5. The van der Waals surface area contributed by atoms with Crippen molar-refractivity contribution in [1.29, 1.82) is 0 Å². The number of carbonyl (C=O) groups excluding carboxylic acids is 4. The van der Waals surface area contributed by atoms with Gasteiger partial charge in [0.05, 0.1) is 17.5 Å². The van der Waals surface area contributed by atoms with Crippen molar-refractivity contribution in [3.8, 4) is 11.5 Å². The Bertz CT molecular complexity index is 1890. The van der Waals surface area contributed by atoms with Crippen LogP contribution < -0.4 is 9.64 Å². The van der Waals surface area contributed by atoms with Gasteiger partial charge in [0, 0.05) is 23.1 Å². The van der Waals surface area contributed by atoms with Crippen LogP contribution in [0.15, 0.2) is 84.4 Å². The summed E-state index contributed by atoms with van der Waals surface area (Å²) < 4.78 is 19.8. The number of halogens is 3. The van der Waals surface area contributed by atoms with Gasteiger partial charge < -0.3 is 9.84 Å². The van der Waals surface area contributed by atoms with Crippen molar-refractivity contribution >= 4 is 52.5 Å². The van der Waals surface area contributed by atoms with Gasteiger partial charge in [-0.1, -0.05) is 48.0 Å². The van der Waals surface area contributed by atoms with Crippen LogP contribution in [0.2, 0.25) is 0 Å². The summed E-state index contributed by atoms with van der Waals surface area (Å²) in [6.07, 6.45) is 1.81. The highest BCUT2D eigenvalue weighted by atomic mass is 35.5. The number of phenols is 1. The average Bonchev–Trinajstić information content (AvgIpc) is 3.39. The number of nitrogens with zero attached hydrogens (tertiary/aromatic N) is 2. The Hall–Kier alpha value is -4.21. The summed E-state index contributed by atoms with van der Waals surface area (Å²) in [4.78, 5) is 54.5. The van der Waals surface area contributed by atoms with Gasteiger partial charge in [0.15, 0.2) is 9.75 Å². The number of allylic oxidation sites excluding steroid dienone is 2. The van der Waals surface area contributed by atoms with E-state index in [1.54, 1.807) is 32.9 Å². The molecule has 8 nitrogen and oxygen atoms in total. The zero-order chi connectivity index (χ0) is 34.3. The van der Waals surface area contributed by atoms with Crippen LogP contribution in [0.3, 0.4) is 0 Å². The lowest BCUT2D eigenvalue weighted by Gasteiger charge is -2.50. The number of fused-ring (bicyclic) bond motifs is 4. The number of carbonyl (C=O) groups is 4. The summed E-state index contributed by atoms with van der Waals surface area (Å²) in [5.41, 5.74) is 0.967. The molecule has 48 heavy (non-hydrogen) atoms. The Balaban J connectivity index is 1.36. The summed E-state index contributed by atoms with van der Waals surface area (Å²) in [5, 5.41) is 11.6. The van der Waals surface area contributed by atoms with Gasteiger partial charge in [-0.05, 0) is 75.4 Å². The van der Waals surface area contributed by atoms with Crippen molar-refractivity contribution in [3.05, 3.63) is 101 Å². The molecule has 4 aliphatic rings. The zero-order valence-electron chi connectivity index (χ0n) is 26.5. The van der Waals surface area contributed by atoms with Gasteiger partial charge in [-0.15, -0.1) is 23.2 Å². The molecule has 2 aliphatic carbocycles. The molecule has 3 aromatic carbocycles. The minimum atomic E-state index is -2.16. The van der Waals surface area contributed by atoms with Crippen molar-refractivity contribution in [2.24, 2.45) is 17.8 Å². The van der Waals surface area contributed by atoms with Gasteiger partial charge >= 0.3 is 0 Å². The minimum Gasteiger partial charge on any atom is -0.508 e. The predicted molar refractivity (Wildman–Crippen MR) is 177 cm³/mol. The molecule has 0 aromatic heterocycles. The van der Waals surface area contributed by atoms with Crippen LogP contribution in [-0.2, 0) is 25.8 Å². The Morgan fingerprint density at radius 3 is 2.25 bits per heavy atom. The smallest absolute Gasteiger partial charge is 0.258 e. The maximum atomic E-state index is 14.5. The molecule has 11 heteroatoms. The van der Waals surface area contributed by atoms with Crippen LogP contribution in [0.4, 0.5) is 10.1 Å². The van der Waals surface area contributed by atoms with Gasteiger partial charge in [0.1, 0.15) is 23.9 Å². The topological polar surface area (TPSA) is 104 Å². The zero-order valence-corrected chi connectivity index (χ0v) is 28.0. The van der Waals surface area contributed by atoms with E-state index in [1.165, 1.54) is 23.1 Å². The first-order valence-corrected chi connectivity index (χ1v) is 16.5. The van der Waals surface area contributed by atoms with Crippen molar-refractivity contribution in [2.45, 2.75) is 61.4 Å². The van der Waals surface area contributed by atoms with Gasteiger partial charge in [-0.3, -0.25) is 24.1 Å². The van der Waals surface area contributed by atoms with Crippen LogP contribution in [0.1, 0.15) is 50.7 Å². The number of amides is 4. The lowest BCUT2D eigenvalue weighted by atomic mass is 9.56. The van der Waals surface area contributed by atoms with Crippen LogP contribution in [0.5, 0.6) is 11.5 Å². The number of imide groups is 2. The van der Waals surface area contributed by atoms with E-state index >= 15 is 0 Å². The van der Waals surface area contributed by atoms with E-state index in [0.717, 1.165) is 22.6 Å². The summed E-state index contributed by atoms with van der Waals surface area (Å²) >= 11 is 14.8. The molecule has 3 aromatic rings. The fraction of sp³-hybridized carbons (Fsp3) is 0.351. The number of hydrogen-bond donors (Lipinski definition) is 1. The second-order valence-electron chi connectivity index (χ2n) is 13.9. The molecule has 6 unspecified atom stereocenters. The average molecular weight is 692 g/mol. The van der Waals surface area contributed by atoms with Gasteiger partial charge in [0.25, 0.3) is 11.8 Å². The van der Waals surface area contributed by atoms with Crippen LogP contribution in [-0.4, -0.2) is 48.9 Å². The monoisotopic (exact) mass is 690 g/mol. The van der Waals surface area contributed by atoms with E-state index in [1.807, 2.05) is 36.4 Å². The molecule has 248 valence electrons. The van der Waals surface area contributed by atoms with Crippen molar-refractivity contribution in [2.75, 3.05) is 4.90 Å². The number of likely N-dealkylation sites (tertiary alicyclic amines) is 1. The highest BCUT2D eigenvalue weighted by molar-refractivity contribution is 6.58. The molecule has 0 bridgehead atoms. The number of rotatable bonds is 5. The molecule has 2 aliphatic heterocycles. The third kappa shape index (κ3) is 4.61. The Labute approximate surface area is 287 Å². The fourth-order valence-electron chi connectivity index (χ4n) is 8.00. The lowest BCUT2D eigenvalue weighted by Crippen LogP contribution is -2.60. The molecule has 2 heterocycles. The van der Waals surface area contributed by atoms with Crippen LogP contribution in [0.25, 0.3) is 0 Å². The van der Waals surface area contributed by atoms with Crippen molar-refractivity contribution in [1.82, 2.24) is 4.90 Å². The molecule has 1 N–H and O–H groups in total. The second-order valence-corrected chi connectivity index (χ2v) is 15.2. The van der Waals surface area contributed by atoms with E-state index < -0.39 is 56.6 Å². The standard InChI is InChI=1S/C37H33Cl2FN2O6/c1-35(2,3)42-31(44)26-16-15-24-27(29(26)32(42)45)18-36(38)33(46)41(22-11-9-21(40)10-12-22)34(47)37(36,39)30(24)25-14-13-23(17-28(25)43)48-19-20-7-5-4-6-8-20/h4-15,17,26-27,29-30,43H,16,18-19H2,1-3H3. The SMILES string of the molecule is CC(C)(C)N1C(=O)C2CC=C3C(CC4(Cl)C(=O)N(c5ccc(F)cc5)C(=O)C4(Cl)C3c3ccc(OCc4ccccc4)cc3O)C2C1=O. The Morgan fingerprint density at radius 1 is 0.917 bits per heavy atom. The van der Waals surface area contributed by atoms with Gasteiger partial charge in [0.2, 0.25) is 11.8 Å². The normalized spacial score (nSPS) is 29.8. The first kappa shape index (κ1) is 32.3. The van der Waals surface area contributed by atoms with E-state index in [2.05, 4.69) is 0 Å². The van der Waals surface area contributed by atoms with E-state index in [0.29, 0.717) is 11.3 Å². The summed E-state index contributed by atoms with van der Waals surface area (Å²) in [5.74, 6) is -6.27. The van der Waals surface area contributed by atoms with Crippen molar-refractivity contribution in [3.63, 3.8) is 0 Å². The molecular formula is C37H33Cl2FN2O6. The molecule has 3 fully saturated rings. The molecule has 7 rings (SSSR count). The Kier molecular flexibility index (Phi) is 7.53. The fourth-order valence-corrected chi connectivity index (χ4v) is 8.93. The predicted octanol–water partition coefficient (Wildman–Crippen LogP) is 6.47. The summed E-state index contributed by atoms with van der Waals surface area (Å²) in [6, 6.07) is 18.9. The number of benzene rings is 3. The molecule has 0 spiro atoms. The summed E-state index contributed by atoms with van der Waals surface area (Å²) in [7, 11) is 0. The van der Waals surface area contributed by atoms with Gasteiger partial charge in [-0.2, -0.15) is 0 Å². The molecule has 2 saturated heterocycles. The van der Waals surface area contributed by atoms with E-state index in [4.69, 9.17) is 27.9 Å². The largest absolute Gasteiger partial charge is 0.508 e. The molecule has 1 saturated carbocycles. The van der Waals surface area contributed by atoms with E-state index in [-0.39, 0.29) is 48.3 Å². The third-order valence-electron chi connectivity index (χ3n) is 10.1. The lowest BCUT2D eigenvalue weighted by molar-refractivity contribution is -0.145. The molecule has 0 radical (unpaired) electrons. The van der Waals surface area contributed by atoms with Gasteiger partial charge in [-0.25, -0.2) is 9.29 Å². The Morgan fingerprint density at radius 2 is 1.60 bits per heavy atom. The van der Waals surface area contributed by atoms with Crippen LogP contribution in [0, 0.1) is 23.6 Å². The second kappa shape index (κ2) is 11.2. The highest BCUT2D eigenvalue weighted by Gasteiger charge is 2.77. The number of ether oxygens (including phenoxy) is 1. The minimum absolute atomic E-state index is 0.0781. The number of hydrogen-bond acceptors (Lipinski definition) is 6. The molecular weight excluding hydrogens is 658 g/mol. The highest BCUT2D eigenvalue weighted by Crippen LogP contribution is 2.66. The molecule has 4 amide bonds. The maximum absolute atomic E-state index is 14.5.